The van der Waals surface area contributed by atoms with Crippen molar-refractivity contribution in [3.05, 3.63) is 47.5 Å². The highest BCUT2D eigenvalue weighted by molar-refractivity contribution is 5.90. The van der Waals surface area contributed by atoms with Gasteiger partial charge in [-0.1, -0.05) is 24.8 Å². The molecule has 0 aliphatic rings. The molecule has 1 heterocycles. The summed E-state index contributed by atoms with van der Waals surface area (Å²) in [6, 6.07) is 7.47. The third kappa shape index (κ3) is 2.73. The van der Waals surface area contributed by atoms with Gasteiger partial charge in [0, 0.05) is 10.9 Å². The third-order valence-electron chi connectivity index (χ3n) is 3.31. The molecule has 0 saturated carbocycles. The molecule has 2 aromatic rings. The Kier molecular flexibility index (Phi) is 4.23. The molecule has 0 aliphatic carbocycles. The van der Waals surface area contributed by atoms with Crippen molar-refractivity contribution in [2.24, 2.45) is 0 Å². The average Bonchev–Trinajstić information content (AvgIpc) is 2.51. The first-order valence-electron chi connectivity index (χ1n) is 6.39. The minimum Gasteiger partial charge on any atom is -0.481 e. The van der Waals surface area contributed by atoms with Gasteiger partial charge in [0.25, 0.3) is 0 Å². The van der Waals surface area contributed by atoms with Crippen molar-refractivity contribution in [3.8, 4) is 5.88 Å². The van der Waals surface area contributed by atoms with Crippen molar-refractivity contribution in [1.29, 1.82) is 0 Å². The van der Waals surface area contributed by atoms with Crippen LogP contribution in [0.5, 0.6) is 5.88 Å². The molecule has 1 aromatic carbocycles. The van der Waals surface area contributed by atoms with Crippen LogP contribution in [0.25, 0.3) is 10.9 Å². The van der Waals surface area contributed by atoms with Gasteiger partial charge >= 0.3 is 5.97 Å². The van der Waals surface area contributed by atoms with Gasteiger partial charge in [-0.25, -0.2) is 9.78 Å². The van der Waals surface area contributed by atoms with Gasteiger partial charge in [0.05, 0.1) is 25.3 Å². The summed E-state index contributed by atoms with van der Waals surface area (Å²) in [7, 11) is 2.70. The van der Waals surface area contributed by atoms with E-state index >= 15 is 0 Å². The van der Waals surface area contributed by atoms with Gasteiger partial charge < -0.3 is 14.6 Å². The highest BCUT2D eigenvalue weighted by Crippen LogP contribution is 2.32. The zero-order chi connectivity index (χ0) is 15.6. The summed E-state index contributed by atoms with van der Waals surface area (Å²) < 4.78 is 9.80. The van der Waals surface area contributed by atoms with Gasteiger partial charge in [-0.15, -0.1) is 0 Å². The van der Waals surface area contributed by atoms with Gasteiger partial charge in [-0.3, -0.25) is 0 Å². The Morgan fingerprint density at radius 2 is 2.10 bits per heavy atom. The number of pyridine rings is 1. The number of ether oxygens (including phenoxy) is 2. The summed E-state index contributed by atoms with van der Waals surface area (Å²) in [6.45, 7) is 5.51. The number of aryl methyl sites for hydroxylation is 1. The van der Waals surface area contributed by atoms with E-state index in [0.29, 0.717) is 5.56 Å². The maximum atomic E-state index is 11.5. The number of hydrogen-bond acceptors (Lipinski definition) is 5. The molecule has 2 rings (SSSR count). The highest BCUT2D eigenvalue weighted by atomic mass is 16.5. The van der Waals surface area contributed by atoms with Crippen LogP contribution in [0.3, 0.4) is 0 Å². The first kappa shape index (κ1) is 15.0. The summed E-state index contributed by atoms with van der Waals surface area (Å²) in [6.07, 6.45) is -1.23. The van der Waals surface area contributed by atoms with E-state index in [1.165, 1.54) is 14.2 Å². The first-order valence-corrected chi connectivity index (χ1v) is 6.39. The molecule has 0 amide bonds. The molecule has 0 radical (unpaired) electrons. The van der Waals surface area contributed by atoms with Gasteiger partial charge in [0.2, 0.25) is 5.88 Å². The number of methoxy groups -OCH3 is 2. The Morgan fingerprint density at radius 3 is 2.71 bits per heavy atom. The van der Waals surface area contributed by atoms with E-state index in [4.69, 9.17) is 4.74 Å². The van der Waals surface area contributed by atoms with E-state index in [9.17, 15) is 9.90 Å². The molecule has 0 aliphatic heterocycles. The largest absolute Gasteiger partial charge is 0.481 e. The molecule has 5 heteroatoms. The quantitative estimate of drug-likeness (QED) is 0.690. The summed E-state index contributed by atoms with van der Waals surface area (Å²) in [5.41, 5.74) is 2.10. The van der Waals surface area contributed by atoms with Gasteiger partial charge in [-0.2, -0.15) is 0 Å². The fourth-order valence-corrected chi connectivity index (χ4v) is 2.14. The van der Waals surface area contributed by atoms with Crippen molar-refractivity contribution in [3.63, 3.8) is 0 Å². The standard InChI is InChI=1S/C16H17NO4/c1-9-6-5-7-11-8-12(15(20-3)17-13(9)11)14(18)10(2)16(19)21-4/h5-8,14,18H,2H2,1,3-4H3. The Morgan fingerprint density at radius 1 is 1.38 bits per heavy atom. The predicted octanol–water partition coefficient (Wildman–Crippen LogP) is 2.31. The molecule has 0 saturated heterocycles. The van der Waals surface area contributed by atoms with Crippen LogP contribution in [0.2, 0.25) is 0 Å². The molecule has 1 atom stereocenters. The van der Waals surface area contributed by atoms with Gasteiger partial charge in [0.1, 0.15) is 6.10 Å². The second-order valence-electron chi connectivity index (χ2n) is 4.65. The third-order valence-corrected chi connectivity index (χ3v) is 3.31. The summed E-state index contributed by atoms with van der Waals surface area (Å²) in [5.74, 6) is -0.414. The predicted molar refractivity (Wildman–Crippen MR) is 79.1 cm³/mol. The fraction of sp³-hybridized carbons (Fsp3) is 0.250. The smallest absolute Gasteiger partial charge is 0.336 e. The van der Waals surface area contributed by atoms with E-state index in [-0.39, 0.29) is 11.5 Å². The number of nitrogens with zero attached hydrogens (tertiary/aromatic N) is 1. The molecule has 0 fully saturated rings. The second-order valence-corrected chi connectivity index (χ2v) is 4.65. The molecule has 0 bridgehead atoms. The number of aliphatic hydroxyl groups excluding tert-OH is 1. The number of rotatable bonds is 4. The molecule has 0 spiro atoms. The Balaban J connectivity index is 2.57. The summed E-state index contributed by atoms with van der Waals surface area (Å²) >= 11 is 0. The van der Waals surface area contributed by atoms with Crippen molar-refractivity contribution in [2.45, 2.75) is 13.0 Å². The number of para-hydroxylation sites is 1. The lowest BCUT2D eigenvalue weighted by Crippen LogP contribution is -2.13. The number of esters is 1. The maximum Gasteiger partial charge on any atom is 0.336 e. The number of benzene rings is 1. The van der Waals surface area contributed by atoms with Crippen molar-refractivity contribution >= 4 is 16.9 Å². The number of carbonyl (C=O) groups excluding carboxylic acids is 1. The highest BCUT2D eigenvalue weighted by Gasteiger charge is 2.23. The molecule has 1 N–H and O–H groups in total. The topological polar surface area (TPSA) is 68.7 Å². The molecular formula is C16H17NO4. The molecule has 1 aromatic heterocycles. The normalized spacial score (nSPS) is 12.0. The number of aromatic nitrogens is 1. The maximum absolute atomic E-state index is 11.5. The Labute approximate surface area is 122 Å². The fourth-order valence-electron chi connectivity index (χ4n) is 2.14. The Hall–Kier alpha value is -2.40. The molecular weight excluding hydrogens is 270 g/mol. The first-order chi connectivity index (χ1) is 9.99. The lowest BCUT2D eigenvalue weighted by Gasteiger charge is -2.16. The van der Waals surface area contributed by atoms with E-state index in [1.54, 1.807) is 6.07 Å². The Bertz CT molecular complexity index is 709. The van der Waals surface area contributed by atoms with Crippen LogP contribution in [0, 0.1) is 6.92 Å². The van der Waals surface area contributed by atoms with Crippen molar-refractivity contribution in [1.82, 2.24) is 4.98 Å². The van der Waals surface area contributed by atoms with Crippen LogP contribution in [-0.2, 0) is 9.53 Å². The minimum atomic E-state index is -1.23. The number of fused-ring (bicyclic) bond motifs is 1. The van der Waals surface area contributed by atoms with Gasteiger partial charge in [-0.05, 0) is 18.6 Å². The summed E-state index contributed by atoms with van der Waals surface area (Å²) in [4.78, 5) is 15.9. The monoisotopic (exact) mass is 287 g/mol. The van der Waals surface area contributed by atoms with Crippen LogP contribution < -0.4 is 4.74 Å². The molecule has 110 valence electrons. The van der Waals surface area contributed by atoms with E-state index < -0.39 is 12.1 Å². The minimum absolute atomic E-state index is 0.0652. The lowest BCUT2D eigenvalue weighted by atomic mass is 10.0. The van der Waals surface area contributed by atoms with Crippen molar-refractivity contribution < 1.29 is 19.4 Å². The SMILES string of the molecule is C=C(C(=O)OC)C(O)c1cc2cccc(C)c2nc1OC. The van der Waals surface area contributed by atoms with Crippen LogP contribution in [0.1, 0.15) is 17.2 Å². The zero-order valence-electron chi connectivity index (χ0n) is 12.2. The molecule has 21 heavy (non-hydrogen) atoms. The number of carbonyl (C=O) groups is 1. The van der Waals surface area contributed by atoms with Gasteiger partial charge in [0.15, 0.2) is 0 Å². The van der Waals surface area contributed by atoms with Crippen LogP contribution >= 0.6 is 0 Å². The van der Waals surface area contributed by atoms with Crippen molar-refractivity contribution in [2.75, 3.05) is 14.2 Å². The van der Waals surface area contributed by atoms with Crippen LogP contribution in [0.4, 0.5) is 0 Å². The van der Waals surface area contributed by atoms with E-state index in [1.807, 2.05) is 25.1 Å². The number of aliphatic hydroxyl groups is 1. The lowest BCUT2D eigenvalue weighted by molar-refractivity contribution is -0.137. The molecule has 5 nitrogen and oxygen atoms in total. The van der Waals surface area contributed by atoms with E-state index in [2.05, 4.69) is 16.3 Å². The van der Waals surface area contributed by atoms with E-state index in [0.717, 1.165) is 16.5 Å². The zero-order valence-corrected chi connectivity index (χ0v) is 12.2. The van der Waals surface area contributed by atoms with Crippen LogP contribution in [-0.4, -0.2) is 30.3 Å². The average molecular weight is 287 g/mol. The molecule has 1 unspecified atom stereocenters. The summed E-state index contributed by atoms with van der Waals surface area (Å²) in [5, 5.41) is 11.2. The number of hydrogen-bond donors (Lipinski definition) is 1. The van der Waals surface area contributed by atoms with Crippen LogP contribution in [0.15, 0.2) is 36.4 Å². The second kappa shape index (κ2) is 5.93.